The highest BCUT2D eigenvalue weighted by atomic mass is 16.5. The van der Waals surface area contributed by atoms with E-state index < -0.39 is 5.97 Å². The Hall–Kier alpha value is -3.34. The van der Waals surface area contributed by atoms with Gasteiger partial charge in [0, 0.05) is 18.2 Å². The van der Waals surface area contributed by atoms with E-state index in [0.29, 0.717) is 29.1 Å². The summed E-state index contributed by atoms with van der Waals surface area (Å²) in [7, 11) is 0. The first-order valence-corrected chi connectivity index (χ1v) is 10.3. The second kappa shape index (κ2) is 9.92. The van der Waals surface area contributed by atoms with Crippen molar-refractivity contribution in [2.75, 3.05) is 13.2 Å². The van der Waals surface area contributed by atoms with E-state index in [2.05, 4.69) is 34.6 Å². The van der Waals surface area contributed by atoms with Crippen LogP contribution in [0.3, 0.4) is 0 Å². The van der Waals surface area contributed by atoms with E-state index in [9.17, 15) is 9.59 Å². The van der Waals surface area contributed by atoms with Gasteiger partial charge in [-0.1, -0.05) is 60.7 Å². The molecule has 1 heterocycles. The number of ether oxygens (including phenoxy) is 1. The number of benzene rings is 2. The molecular formula is C25H28N2O3. The maximum absolute atomic E-state index is 12.9. The summed E-state index contributed by atoms with van der Waals surface area (Å²) < 4.78 is 5.07. The second-order valence-electron chi connectivity index (χ2n) is 7.26. The smallest absolute Gasteiger partial charge is 0.355 e. The average molecular weight is 405 g/mol. The van der Waals surface area contributed by atoms with Gasteiger partial charge in [0.2, 0.25) is 0 Å². The van der Waals surface area contributed by atoms with E-state index in [0.717, 1.165) is 6.42 Å². The maximum Gasteiger partial charge on any atom is 0.355 e. The van der Waals surface area contributed by atoms with E-state index in [-0.39, 0.29) is 18.4 Å². The number of carbonyl (C=O) groups is 2. The number of nitrogens with one attached hydrogen (secondary N) is 2. The molecule has 0 bridgehead atoms. The molecular weight excluding hydrogens is 376 g/mol. The normalized spacial score (nSPS) is 10.8. The summed E-state index contributed by atoms with van der Waals surface area (Å²) in [6.45, 7) is 6.12. The number of rotatable bonds is 8. The van der Waals surface area contributed by atoms with Gasteiger partial charge in [0.15, 0.2) is 0 Å². The quantitative estimate of drug-likeness (QED) is 0.532. The number of hydrogen-bond donors (Lipinski definition) is 2. The molecule has 0 spiro atoms. The number of aryl methyl sites for hydroxylation is 1. The summed E-state index contributed by atoms with van der Waals surface area (Å²) in [6.07, 6.45) is 0.771. The molecule has 3 rings (SSSR count). The van der Waals surface area contributed by atoms with Crippen LogP contribution in [0.15, 0.2) is 60.7 Å². The van der Waals surface area contributed by atoms with Gasteiger partial charge in [-0.2, -0.15) is 0 Å². The molecule has 5 nitrogen and oxygen atoms in total. The van der Waals surface area contributed by atoms with Gasteiger partial charge in [-0.05, 0) is 43.9 Å². The highest BCUT2D eigenvalue weighted by Crippen LogP contribution is 2.27. The van der Waals surface area contributed by atoms with Gasteiger partial charge >= 0.3 is 5.97 Å². The van der Waals surface area contributed by atoms with Gasteiger partial charge in [0.25, 0.3) is 5.91 Å². The van der Waals surface area contributed by atoms with Crippen molar-refractivity contribution in [3.8, 4) is 0 Å². The molecule has 30 heavy (non-hydrogen) atoms. The molecule has 2 N–H and O–H groups in total. The number of esters is 1. The van der Waals surface area contributed by atoms with Gasteiger partial charge in [-0.15, -0.1) is 0 Å². The summed E-state index contributed by atoms with van der Waals surface area (Å²) in [5.74, 6) is -0.432. The minimum atomic E-state index is -0.439. The first-order valence-electron chi connectivity index (χ1n) is 10.3. The molecule has 0 aliphatic carbocycles. The van der Waals surface area contributed by atoms with Crippen LogP contribution >= 0.6 is 0 Å². The number of aromatic amines is 1. The first-order chi connectivity index (χ1) is 14.5. The third-order valence-electron chi connectivity index (χ3n) is 5.27. The SMILES string of the molecule is CCOC(=O)c1[nH]c(C)c(C(=O)NCCC(c2ccccc2)c2ccccc2)c1C. The first kappa shape index (κ1) is 21.4. The van der Waals surface area contributed by atoms with Crippen LogP contribution in [-0.2, 0) is 4.74 Å². The molecule has 0 atom stereocenters. The van der Waals surface area contributed by atoms with E-state index in [4.69, 9.17) is 4.74 Å². The van der Waals surface area contributed by atoms with E-state index in [1.807, 2.05) is 36.4 Å². The van der Waals surface area contributed by atoms with Crippen LogP contribution in [0.2, 0.25) is 0 Å². The monoisotopic (exact) mass is 404 g/mol. The topological polar surface area (TPSA) is 71.2 Å². The van der Waals surface area contributed by atoms with Crippen LogP contribution in [0.25, 0.3) is 0 Å². The Bertz CT molecular complexity index is 954. The molecule has 2 aromatic carbocycles. The molecule has 3 aromatic rings. The van der Waals surface area contributed by atoms with Crippen LogP contribution in [0, 0.1) is 13.8 Å². The summed E-state index contributed by atoms with van der Waals surface area (Å²) in [4.78, 5) is 27.9. The van der Waals surface area contributed by atoms with Crippen molar-refractivity contribution < 1.29 is 14.3 Å². The predicted molar refractivity (Wildman–Crippen MR) is 118 cm³/mol. The summed E-state index contributed by atoms with van der Waals surface area (Å²) >= 11 is 0. The zero-order valence-electron chi connectivity index (χ0n) is 17.7. The number of carbonyl (C=O) groups excluding carboxylic acids is 2. The molecule has 156 valence electrons. The van der Waals surface area contributed by atoms with Crippen molar-refractivity contribution in [3.05, 3.63) is 94.3 Å². The Morgan fingerprint density at radius 2 is 1.53 bits per heavy atom. The number of aromatic nitrogens is 1. The lowest BCUT2D eigenvalue weighted by Crippen LogP contribution is -2.26. The predicted octanol–water partition coefficient (Wildman–Crippen LogP) is 4.76. The Kier molecular flexibility index (Phi) is 7.07. The number of hydrogen-bond acceptors (Lipinski definition) is 3. The zero-order valence-corrected chi connectivity index (χ0v) is 17.7. The molecule has 0 fully saturated rings. The fourth-order valence-corrected chi connectivity index (χ4v) is 3.81. The van der Waals surface area contributed by atoms with E-state index in [1.54, 1.807) is 20.8 Å². The largest absolute Gasteiger partial charge is 0.461 e. The van der Waals surface area contributed by atoms with Crippen molar-refractivity contribution in [2.45, 2.75) is 33.1 Å². The lowest BCUT2D eigenvalue weighted by molar-refractivity contribution is 0.0519. The van der Waals surface area contributed by atoms with Crippen molar-refractivity contribution >= 4 is 11.9 Å². The minimum absolute atomic E-state index is 0.184. The highest BCUT2D eigenvalue weighted by Gasteiger charge is 2.23. The molecule has 0 aliphatic heterocycles. The van der Waals surface area contributed by atoms with Gasteiger partial charge in [-0.3, -0.25) is 4.79 Å². The van der Waals surface area contributed by atoms with Crippen LogP contribution in [0.1, 0.15) is 62.5 Å². The van der Waals surface area contributed by atoms with Crippen molar-refractivity contribution in [1.29, 1.82) is 0 Å². The lowest BCUT2D eigenvalue weighted by Gasteiger charge is -2.18. The number of amides is 1. The Morgan fingerprint density at radius 3 is 2.07 bits per heavy atom. The van der Waals surface area contributed by atoms with Crippen LogP contribution < -0.4 is 5.32 Å². The van der Waals surface area contributed by atoms with Gasteiger partial charge < -0.3 is 15.0 Å². The van der Waals surface area contributed by atoms with Crippen molar-refractivity contribution in [1.82, 2.24) is 10.3 Å². The standard InChI is InChI=1S/C25H28N2O3/c1-4-30-25(29)23-17(2)22(18(3)27-23)24(28)26-16-15-21(19-11-7-5-8-12-19)20-13-9-6-10-14-20/h5-14,21,27H,4,15-16H2,1-3H3,(H,26,28). The maximum atomic E-state index is 12.9. The van der Waals surface area contributed by atoms with E-state index in [1.165, 1.54) is 11.1 Å². The van der Waals surface area contributed by atoms with E-state index >= 15 is 0 Å². The fourth-order valence-electron chi connectivity index (χ4n) is 3.81. The Balaban J connectivity index is 1.72. The van der Waals surface area contributed by atoms with Crippen molar-refractivity contribution in [2.24, 2.45) is 0 Å². The van der Waals surface area contributed by atoms with Crippen LogP contribution in [0.4, 0.5) is 0 Å². The third kappa shape index (κ3) is 4.79. The molecule has 0 unspecified atom stereocenters. The fraction of sp³-hybridized carbons (Fsp3) is 0.280. The Morgan fingerprint density at radius 1 is 0.967 bits per heavy atom. The van der Waals surface area contributed by atoms with Crippen LogP contribution in [0.5, 0.6) is 0 Å². The molecule has 0 radical (unpaired) electrons. The highest BCUT2D eigenvalue weighted by molar-refractivity contribution is 6.01. The van der Waals surface area contributed by atoms with Gasteiger partial charge in [-0.25, -0.2) is 4.79 Å². The lowest BCUT2D eigenvalue weighted by atomic mass is 9.88. The third-order valence-corrected chi connectivity index (χ3v) is 5.27. The molecule has 0 aliphatic rings. The Labute approximate surface area is 177 Å². The average Bonchev–Trinajstić information content (AvgIpc) is 3.06. The van der Waals surface area contributed by atoms with Crippen LogP contribution in [-0.4, -0.2) is 30.0 Å². The molecule has 0 saturated heterocycles. The molecule has 1 amide bonds. The molecule has 5 heteroatoms. The second-order valence-corrected chi connectivity index (χ2v) is 7.26. The summed E-state index contributed by atoms with van der Waals surface area (Å²) in [5.41, 5.74) is 4.56. The van der Waals surface area contributed by atoms with Gasteiger partial charge in [0.05, 0.1) is 12.2 Å². The van der Waals surface area contributed by atoms with Crippen molar-refractivity contribution in [3.63, 3.8) is 0 Å². The molecule has 0 saturated carbocycles. The minimum Gasteiger partial charge on any atom is -0.461 e. The van der Waals surface area contributed by atoms with Gasteiger partial charge in [0.1, 0.15) is 5.69 Å². The molecule has 1 aromatic heterocycles. The number of H-pyrrole nitrogens is 1. The summed E-state index contributed by atoms with van der Waals surface area (Å²) in [6, 6.07) is 20.6. The summed E-state index contributed by atoms with van der Waals surface area (Å²) in [5, 5.41) is 3.02. The zero-order chi connectivity index (χ0) is 21.5.